The Balaban J connectivity index is 3.65. The molecule has 0 heterocycles. The zero-order valence-electron chi connectivity index (χ0n) is 10.5. The molecule has 0 saturated heterocycles. The van der Waals surface area contributed by atoms with Crippen LogP contribution in [-0.2, 0) is 19.1 Å². The number of nitrogens with zero attached hydrogens (tertiary/aromatic N) is 1. The van der Waals surface area contributed by atoms with Crippen molar-refractivity contribution in [1.29, 1.82) is 5.26 Å². The number of terminal acetylenes is 1. The second kappa shape index (κ2) is 10.2. The van der Waals surface area contributed by atoms with Crippen LogP contribution in [0.4, 0.5) is 0 Å². The minimum atomic E-state index is -0.356. The van der Waals surface area contributed by atoms with Crippen molar-refractivity contribution in [2.24, 2.45) is 5.92 Å². The molecule has 0 rings (SSSR count). The van der Waals surface area contributed by atoms with Gasteiger partial charge in [-0.3, -0.25) is 9.59 Å². The van der Waals surface area contributed by atoms with Crippen LogP contribution in [0.3, 0.4) is 0 Å². The summed E-state index contributed by atoms with van der Waals surface area (Å²) < 4.78 is 9.55. The molecule has 98 valence electrons. The van der Waals surface area contributed by atoms with Crippen LogP contribution in [0.15, 0.2) is 0 Å². The van der Waals surface area contributed by atoms with Crippen LogP contribution in [-0.4, -0.2) is 25.2 Å². The van der Waals surface area contributed by atoms with Crippen LogP contribution in [0.1, 0.15) is 32.6 Å². The first kappa shape index (κ1) is 16.0. The van der Waals surface area contributed by atoms with Gasteiger partial charge in [0.25, 0.3) is 0 Å². The summed E-state index contributed by atoms with van der Waals surface area (Å²) in [5.74, 6) is 1.22. The summed E-state index contributed by atoms with van der Waals surface area (Å²) >= 11 is 0. The fourth-order valence-electron chi connectivity index (χ4n) is 1.21. The first-order chi connectivity index (χ1) is 8.61. The summed E-state index contributed by atoms with van der Waals surface area (Å²) in [5, 5.41) is 8.25. The van der Waals surface area contributed by atoms with Gasteiger partial charge in [0.2, 0.25) is 0 Å². The number of ether oxygens (including phenoxy) is 2. The summed E-state index contributed by atoms with van der Waals surface area (Å²) in [7, 11) is 0. The van der Waals surface area contributed by atoms with Crippen molar-refractivity contribution >= 4 is 11.9 Å². The Morgan fingerprint density at radius 1 is 1.39 bits per heavy atom. The highest BCUT2D eigenvalue weighted by Gasteiger charge is 2.14. The first-order valence-electron chi connectivity index (χ1n) is 5.74. The lowest BCUT2D eigenvalue weighted by Crippen LogP contribution is -2.15. The average molecular weight is 251 g/mol. The molecule has 0 spiro atoms. The summed E-state index contributed by atoms with van der Waals surface area (Å²) in [6, 6.07) is 1.88. The molecule has 0 N–H and O–H groups in total. The van der Waals surface area contributed by atoms with E-state index in [-0.39, 0.29) is 43.9 Å². The molecular weight excluding hydrogens is 234 g/mol. The van der Waals surface area contributed by atoms with Gasteiger partial charge >= 0.3 is 11.9 Å². The first-order valence-corrected chi connectivity index (χ1v) is 5.74. The van der Waals surface area contributed by atoms with Gasteiger partial charge in [-0.1, -0.05) is 12.8 Å². The third-order valence-corrected chi connectivity index (χ3v) is 2.20. The number of esters is 2. The molecule has 0 amide bonds. The number of rotatable bonds is 8. The smallest absolute Gasteiger partial charge is 0.309 e. The van der Waals surface area contributed by atoms with Crippen LogP contribution in [0, 0.1) is 29.6 Å². The molecule has 0 bridgehead atoms. The maximum Gasteiger partial charge on any atom is 0.309 e. The van der Waals surface area contributed by atoms with Gasteiger partial charge in [0.1, 0.15) is 6.61 Å². The number of carbonyl (C=O) groups excluding carboxylic acids is 2. The Bertz CT molecular complexity index is 351. The van der Waals surface area contributed by atoms with Crippen molar-refractivity contribution in [3.8, 4) is 18.4 Å². The minimum absolute atomic E-state index is 0.0284. The minimum Gasteiger partial charge on any atom is -0.465 e. The van der Waals surface area contributed by atoms with E-state index in [1.165, 1.54) is 0 Å². The Labute approximate surface area is 107 Å². The SMILES string of the molecule is C#CCOC(=O)C(C)CCCC(=O)OCCC#N. The molecule has 18 heavy (non-hydrogen) atoms. The van der Waals surface area contributed by atoms with Crippen molar-refractivity contribution < 1.29 is 19.1 Å². The van der Waals surface area contributed by atoms with E-state index in [0.29, 0.717) is 12.8 Å². The Morgan fingerprint density at radius 2 is 2.11 bits per heavy atom. The molecule has 1 unspecified atom stereocenters. The molecular formula is C13H17NO4. The Hall–Kier alpha value is -2.01. The Morgan fingerprint density at radius 3 is 2.72 bits per heavy atom. The molecule has 0 aromatic rings. The monoisotopic (exact) mass is 251 g/mol. The van der Waals surface area contributed by atoms with E-state index in [0.717, 1.165) is 0 Å². The lowest BCUT2D eigenvalue weighted by molar-refractivity contribution is -0.148. The van der Waals surface area contributed by atoms with E-state index in [4.69, 9.17) is 21.2 Å². The topological polar surface area (TPSA) is 76.4 Å². The molecule has 0 aromatic heterocycles. The second-order valence-corrected chi connectivity index (χ2v) is 3.73. The summed E-state index contributed by atoms with van der Waals surface area (Å²) in [5.41, 5.74) is 0. The van der Waals surface area contributed by atoms with E-state index in [1.54, 1.807) is 6.92 Å². The second-order valence-electron chi connectivity index (χ2n) is 3.73. The normalized spacial score (nSPS) is 10.8. The molecule has 0 aliphatic heterocycles. The standard InChI is InChI=1S/C13H17NO4/c1-3-9-18-13(16)11(2)6-4-7-12(15)17-10-5-8-14/h1,11H,4-7,9-10H2,2H3. The van der Waals surface area contributed by atoms with Gasteiger partial charge in [-0.05, 0) is 12.8 Å². The van der Waals surface area contributed by atoms with Gasteiger partial charge in [0.05, 0.1) is 18.4 Å². The molecule has 0 fully saturated rings. The van der Waals surface area contributed by atoms with Gasteiger partial charge in [0, 0.05) is 6.42 Å². The van der Waals surface area contributed by atoms with Crippen molar-refractivity contribution in [2.45, 2.75) is 32.6 Å². The quantitative estimate of drug-likeness (QED) is 0.370. The lowest BCUT2D eigenvalue weighted by atomic mass is 10.0. The van der Waals surface area contributed by atoms with Gasteiger partial charge in [-0.25, -0.2) is 0 Å². The van der Waals surface area contributed by atoms with Gasteiger partial charge in [-0.15, -0.1) is 6.42 Å². The van der Waals surface area contributed by atoms with Crippen LogP contribution >= 0.6 is 0 Å². The maximum atomic E-state index is 11.3. The van der Waals surface area contributed by atoms with E-state index >= 15 is 0 Å². The Kier molecular flexibility index (Phi) is 9.03. The van der Waals surface area contributed by atoms with Gasteiger partial charge < -0.3 is 9.47 Å². The van der Waals surface area contributed by atoms with E-state index < -0.39 is 0 Å². The molecule has 0 aliphatic rings. The van der Waals surface area contributed by atoms with E-state index in [9.17, 15) is 9.59 Å². The number of nitriles is 1. The van der Waals surface area contributed by atoms with Gasteiger partial charge in [-0.2, -0.15) is 5.26 Å². The maximum absolute atomic E-state index is 11.3. The summed E-state index contributed by atoms with van der Waals surface area (Å²) in [6.45, 7) is 1.81. The van der Waals surface area contributed by atoms with Crippen molar-refractivity contribution in [2.75, 3.05) is 13.2 Å². The molecule has 0 radical (unpaired) electrons. The number of carbonyl (C=O) groups is 2. The average Bonchev–Trinajstić information content (AvgIpc) is 2.36. The number of hydrogen-bond donors (Lipinski definition) is 0. The van der Waals surface area contributed by atoms with E-state index in [1.807, 2.05) is 6.07 Å². The van der Waals surface area contributed by atoms with Crippen molar-refractivity contribution in [1.82, 2.24) is 0 Å². The van der Waals surface area contributed by atoms with Crippen LogP contribution < -0.4 is 0 Å². The highest BCUT2D eigenvalue weighted by molar-refractivity contribution is 5.72. The van der Waals surface area contributed by atoms with Crippen LogP contribution in [0.2, 0.25) is 0 Å². The number of hydrogen-bond acceptors (Lipinski definition) is 5. The van der Waals surface area contributed by atoms with Gasteiger partial charge in [0.15, 0.2) is 6.61 Å². The largest absolute Gasteiger partial charge is 0.465 e. The fourth-order valence-corrected chi connectivity index (χ4v) is 1.21. The highest BCUT2D eigenvalue weighted by atomic mass is 16.5. The highest BCUT2D eigenvalue weighted by Crippen LogP contribution is 2.10. The zero-order valence-corrected chi connectivity index (χ0v) is 10.5. The van der Waals surface area contributed by atoms with Crippen LogP contribution in [0.25, 0.3) is 0 Å². The molecule has 1 atom stereocenters. The third kappa shape index (κ3) is 8.18. The molecule has 5 nitrogen and oxygen atoms in total. The lowest BCUT2D eigenvalue weighted by Gasteiger charge is -2.09. The summed E-state index contributed by atoms with van der Waals surface area (Å²) in [6.07, 6.45) is 6.47. The van der Waals surface area contributed by atoms with Crippen molar-refractivity contribution in [3.05, 3.63) is 0 Å². The predicted octanol–water partition coefficient (Wildman–Crippen LogP) is 1.43. The molecule has 0 aromatic carbocycles. The van der Waals surface area contributed by atoms with Crippen molar-refractivity contribution in [3.63, 3.8) is 0 Å². The fraction of sp³-hybridized carbons (Fsp3) is 0.615. The summed E-state index contributed by atoms with van der Waals surface area (Å²) in [4.78, 5) is 22.5. The molecule has 0 saturated carbocycles. The molecule has 5 heteroatoms. The molecule has 0 aliphatic carbocycles. The van der Waals surface area contributed by atoms with Crippen LogP contribution in [0.5, 0.6) is 0 Å². The van der Waals surface area contributed by atoms with E-state index in [2.05, 4.69) is 5.92 Å². The zero-order chi connectivity index (χ0) is 13.8. The predicted molar refractivity (Wildman–Crippen MR) is 64.0 cm³/mol. The third-order valence-electron chi connectivity index (χ3n) is 2.20.